The molecule has 0 heterocycles. The summed E-state index contributed by atoms with van der Waals surface area (Å²) in [5.41, 5.74) is 0. The quantitative estimate of drug-likeness (QED) is 0.417. The second-order valence-corrected chi connectivity index (χ2v) is 6.39. The zero-order chi connectivity index (χ0) is 17.8. The van der Waals surface area contributed by atoms with Crippen LogP contribution in [0, 0.1) is 11.8 Å². The van der Waals surface area contributed by atoms with Gasteiger partial charge in [0.2, 0.25) is 0 Å². The molecule has 4 heteroatoms. The normalized spacial score (nSPS) is 22.0. The minimum absolute atomic E-state index is 0.0203. The lowest BCUT2D eigenvalue weighted by Crippen LogP contribution is -2.14. The SMILES string of the molecule is CCCCC/C=C\C[C@H]1C(=O)C=C[C@H]1/C=C/[C@H](O)CCCC(=O)O. The molecular formula is C20H30O4. The number of aliphatic hydroxyl groups excluding tert-OH is 1. The molecule has 1 rings (SSSR count). The molecule has 3 atom stereocenters. The number of carboxylic acids is 1. The highest BCUT2D eigenvalue weighted by Gasteiger charge is 2.27. The molecule has 2 N–H and O–H groups in total. The summed E-state index contributed by atoms with van der Waals surface area (Å²) in [5, 5.41) is 18.5. The predicted molar refractivity (Wildman–Crippen MR) is 95.7 cm³/mol. The maximum atomic E-state index is 12.0. The molecule has 134 valence electrons. The van der Waals surface area contributed by atoms with Crippen molar-refractivity contribution < 1.29 is 19.8 Å². The lowest BCUT2D eigenvalue weighted by atomic mass is 9.90. The van der Waals surface area contributed by atoms with Gasteiger partial charge in [-0.15, -0.1) is 0 Å². The number of aliphatic carboxylic acids is 1. The standard InChI is InChI=1S/C20H30O4/c1-2-3-4-5-6-7-10-18-16(13-15-19(18)22)12-14-17(21)9-8-11-20(23)24/h6-7,12-18,21H,2-5,8-11H2,1H3,(H,23,24)/b7-6-,14-12+/t16-,17-,18-/m1/s1. The lowest BCUT2D eigenvalue weighted by Gasteiger charge is -2.13. The van der Waals surface area contributed by atoms with Crippen molar-refractivity contribution in [3.8, 4) is 0 Å². The molecule has 1 aliphatic rings. The van der Waals surface area contributed by atoms with E-state index in [0.29, 0.717) is 12.8 Å². The predicted octanol–water partition coefficient (Wildman–Crippen LogP) is 4.06. The lowest BCUT2D eigenvalue weighted by molar-refractivity contribution is -0.137. The Morgan fingerprint density at radius 2 is 2.08 bits per heavy atom. The van der Waals surface area contributed by atoms with Crippen molar-refractivity contribution in [1.82, 2.24) is 0 Å². The number of allylic oxidation sites excluding steroid dienone is 5. The first kappa shape index (κ1) is 20.4. The van der Waals surface area contributed by atoms with E-state index in [2.05, 4.69) is 19.1 Å². The minimum Gasteiger partial charge on any atom is -0.481 e. The van der Waals surface area contributed by atoms with Crippen molar-refractivity contribution in [2.75, 3.05) is 0 Å². The molecule has 0 unspecified atom stereocenters. The van der Waals surface area contributed by atoms with E-state index in [-0.39, 0.29) is 24.0 Å². The third-order valence-electron chi connectivity index (χ3n) is 4.29. The Labute approximate surface area is 145 Å². The Kier molecular flexibility index (Phi) is 10.0. The van der Waals surface area contributed by atoms with Crippen LogP contribution >= 0.6 is 0 Å². The fourth-order valence-electron chi connectivity index (χ4n) is 2.81. The van der Waals surface area contributed by atoms with Crippen LogP contribution in [0.25, 0.3) is 0 Å². The average molecular weight is 334 g/mol. The summed E-state index contributed by atoms with van der Waals surface area (Å²) in [6.07, 6.45) is 17.0. The second kappa shape index (κ2) is 11.8. The topological polar surface area (TPSA) is 74.6 Å². The molecule has 0 amide bonds. The molecule has 0 spiro atoms. The number of aliphatic hydroxyl groups is 1. The van der Waals surface area contributed by atoms with Gasteiger partial charge in [0, 0.05) is 18.3 Å². The van der Waals surface area contributed by atoms with Gasteiger partial charge in [-0.1, -0.05) is 50.1 Å². The van der Waals surface area contributed by atoms with Gasteiger partial charge in [-0.05, 0) is 38.2 Å². The number of hydrogen-bond acceptors (Lipinski definition) is 3. The van der Waals surface area contributed by atoms with Gasteiger partial charge in [-0.3, -0.25) is 9.59 Å². The largest absolute Gasteiger partial charge is 0.481 e. The van der Waals surface area contributed by atoms with E-state index in [1.807, 2.05) is 12.2 Å². The molecule has 1 aliphatic carbocycles. The Morgan fingerprint density at radius 3 is 2.79 bits per heavy atom. The molecule has 0 aromatic rings. The monoisotopic (exact) mass is 334 g/mol. The highest BCUT2D eigenvalue weighted by molar-refractivity contribution is 5.95. The highest BCUT2D eigenvalue weighted by Crippen LogP contribution is 2.27. The number of rotatable bonds is 12. The summed E-state index contributed by atoms with van der Waals surface area (Å²) in [7, 11) is 0. The van der Waals surface area contributed by atoms with Gasteiger partial charge in [-0.25, -0.2) is 0 Å². The van der Waals surface area contributed by atoms with Crippen molar-refractivity contribution in [1.29, 1.82) is 0 Å². The Hall–Kier alpha value is -1.68. The van der Waals surface area contributed by atoms with Gasteiger partial charge < -0.3 is 10.2 Å². The first-order chi connectivity index (χ1) is 11.5. The molecule has 0 aromatic heterocycles. The van der Waals surface area contributed by atoms with E-state index in [0.717, 1.165) is 12.8 Å². The highest BCUT2D eigenvalue weighted by atomic mass is 16.4. The van der Waals surface area contributed by atoms with Gasteiger partial charge in [0.1, 0.15) is 0 Å². The number of carboxylic acid groups (broad SMARTS) is 1. The Morgan fingerprint density at radius 1 is 1.29 bits per heavy atom. The van der Waals surface area contributed by atoms with Crippen molar-refractivity contribution >= 4 is 11.8 Å². The van der Waals surface area contributed by atoms with E-state index in [4.69, 9.17) is 5.11 Å². The Bertz CT molecular complexity index is 476. The number of carbonyl (C=O) groups is 2. The summed E-state index contributed by atoms with van der Waals surface area (Å²) < 4.78 is 0. The second-order valence-electron chi connectivity index (χ2n) is 6.39. The smallest absolute Gasteiger partial charge is 0.303 e. The van der Waals surface area contributed by atoms with Crippen LogP contribution in [-0.2, 0) is 9.59 Å². The third kappa shape index (κ3) is 8.25. The number of hydrogen-bond donors (Lipinski definition) is 2. The molecule has 0 saturated heterocycles. The summed E-state index contributed by atoms with van der Waals surface area (Å²) in [6.45, 7) is 2.18. The van der Waals surface area contributed by atoms with E-state index in [9.17, 15) is 14.7 Å². The molecule has 0 aliphatic heterocycles. The third-order valence-corrected chi connectivity index (χ3v) is 4.29. The molecule has 0 bridgehead atoms. The van der Waals surface area contributed by atoms with Crippen LogP contribution in [0.4, 0.5) is 0 Å². The van der Waals surface area contributed by atoms with Crippen molar-refractivity contribution in [2.45, 2.75) is 64.4 Å². The van der Waals surface area contributed by atoms with E-state index in [1.165, 1.54) is 19.3 Å². The van der Waals surface area contributed by atoms with Crippen LogP contribution < -0.4 is 0 Å². The molecule has 0 radical (unpaired) electrons. The first-order valence-electron chi connectivity index (χ1n) is 8.99. The van der Waals surface area contributed by atoms with Crippen molar-refractivity contribution in [3.05, 3.63) is 36.5 Å². The van der Waals surface area contributed by atoms with E-state index < -0.39 is 12.1 Å². The maximum absolute atomic E-state index is 12.0. The molecule has 0 aromatic carbocycles. The van der Waals surface area contributed by atoms with Crippen LogP contribution in [0.1, 0.15) is 58.3 Å². The fraction of sp³-hybridized carbons (Fsp3) is 0.600. The van der Waals surface area contributed by atoms with Gasteiger partial charge in [0.15, 0.2) is 5.78 Å². The van der Waals surface area contributed by atoms with Gasteiger partial charge in [-0.2, -0.15) is 0 Å². The van der Waals surface area contributed by atoms with Crippen LogP contribution in [0.5, 0.6) is 0 Å². The summed E-state index contributed by atoms with van der Waals surface area (Å²) in [5.74, 6) is -0.758. The van der Waals surface area contributed by atoms with Gasteiger partial charge >= 0.3 is 5.97 Å². The maximum Gasteiger partial charge on any atom is 0.303 e. The molecular weight excluding hydrogens is 304 g/mol. The molecule has 24 heavy (non-hydrogen) atoms. The van der Waals surface area contributed by atoms with Crippen LogP contribution in [0.15, 0.2) is 36.5 Å². The van der Waals surface area contributed by atoms with Crippen LogP contribution in [-0.4, -0.2) is 28.1 Å². The molecule has 0 saturated carbocycles. The number of carbonyl (C=O) groups excluding carboxylic acids is 1. The zero-order valence-electron chi connectivity index (χ0n) is 14.6. The number of ketones is 1. The van der Waals surface area contributed by atoms with Gasteiger partial charge in [0.05, 0.1) is 6.10 Å². The van der Waals surface area contributed by atoms with E-state index in [1.54, 1.807) is 12.2 Å². The van der Waals surface area contributed by atoms with Crippen molar-refractivity contribution in [2.24, 2.45) is 11.8 Å². The van der Waals surface area contributed by atoms with E-state index >= 15 is 0 Å². The average Bonchev–Trinajstić information content (AvgIpc) is 2.89. The van der Waals surface area contributed by atoms with Crippen LogP contribution in [0.3, 0.4) is 0 Å². The van der Waals surface area contributed by atoms with Crippen LogP contribution in [0.2, 0.25) is 0 Å². The molecule has 0 fully saturated rings. The summed E-state index contributed by atoms with van der Waals surface area (Å²) in [4.78, 5) is 22.4. The fourth-order valence-corrected chi connectivity index (χ4v) is 2.81. The minimum atomic E-state index is -0.846. The summed E-state index contributed by atoms with van der Waals surface area (Å²) in [6, 6.07) is 0. The molecule has 4 nitrogen and oxygen atoms in total. The zero-order valence-corrected chi connectivity index (χ0v) is 14.6. The van der Waals surface area contributed by atoms with Gasteiger partial charge in [0.25, 0.3) is 0 Å². The summed E-state index contributed by atoms with van der Waals surface area (Å²) >= 11 is 0. The number of unbranched alkanes of at least 4 members (excludes halogenated alkanes) is 3. The Balaban J connectivity index is 2.39. The van der Waals surface area contributed by atoms with Crippen molar-refractivity contribution in [3.63, 3.8) is 0 Å². The first-order valence-corrected chi connectivity index (χ1v) is 8.99.